The number of nitrogens with zero attached hydrogens (tertiary/aromatic N) is 1. The fourth-order valence-electron chi connectivity index (χ4n) is 3.13. The van der Waals surface area contributed by atoms with Crippen LogP contribution in [0.15, 0.2) is 42.5 Å². The number of rotatable bonds is 5. The molecule has 27 heavy (non-hydrogen) atoms. The van der Waals surface area contributed by atoms with Crippen molar-refractivity contribution in [2.24, 2.45) is 0 Å². The molecular formula is C19H20F3N3O2. The molecule has 1 aliphatic heterocycles. The summed E-state index contributed by atoms with van der Waals surface area (Å²) in [5.41, 5.74) is 9.47. The Morgan fingerprint density at radius 3 is 2.63 bits per heavy atom. The van der Waals surface area contributed by atoms with Gasteiger partial charge in [0.05, 0.1) is 6.54 Å². The fourth-order valence-corrected chi connectivity index (χ4v) is 3.13. The Balaban J connectivity index is 1.54. The summed E-state index contributed by atoms with van der Waals surface area (Å²) in [6.45, 7) is 1.20. The minimum atomic E-state index is -4.72. The number of nitrogens with one attached hydrogen (secondary N) is 1. The predicted octanol–water partition coefficient (Wildman–Crippen LogP) is 3.24. The van der Waals surface area contributed by atoms with Crippen LogP contribution in [0.25, 0.3) is 0 Å². The molecule has 144 valence electrons. The molecule has 0 aromatic heterocycles. The second-order valence-electron chi connectivity index (χ2n) is 6.34. The van der Waals surface area contributed by atoms with E-state index in [0.29, 0.717) is 5.56 Å². The van der Waals surface area contributed by atoms with E-state index in [0.717, 1.165) is 36.3 Å². The largest absolute Gasteiger partial charge is 0.573 e. The van der Waals surface area contributed by atoms with Crippen molar-refractivity contribution in [2.75, 3.05) is 23.7 Å². The van der Waals surface area contributed by atoms with Gasteiger partial charge in [-0.25, -0.2) is 0 Å². The average molecular weight is 379 g/mol. The number of nitrogens with two attached hydrogens (primary N) is 1. The summed E-state index contributed by atoms with van der Waals surface area (Å²) in [5, 5.41) is 2.78. The normalized spacial score (nSPS) is 13.8. The molecule has 1 heterocycles. The maximum absolute atomic E-state index is 12.3. The lowest BCUT2D eigenvalue weighted by molar-refractivity contribution is -0.274. The van der Waals surface area contributed by atoms with Crippen LogP contribution in [0.5, 0.6) is 5.75 Å². The van der Waals surface area contributed by atoms with Crippen LogP contribution in [0.4, 0.5) is 24.5 Å². The summed E-state index contributed by atoms with van der Waals surface area (Å²) >= 11 is 0. The molecule has 8 heteroatoms. The van der Waals surface area contributed by atoms with Crippen LogP contribution in [-0.2, 0) is 17.8 Å². The van der Waals surface area contributed by atoms with Crippen molar-refractivity contribution in [3.05, 3.63) is 53.6 Å². The first-order valence-electron chi connectivity index (χ1n) is 8.55. The molecule has 0 radical (unpaired) electrons. The van der Waals surface area contributed by atoms with E-state index in [1.807, 2.05) is 23.1 Å². The zero-order valence-corrected chi connectivity index (χ0v) is 14.6. The van der Waals surface area contributed by atoms with Crippen LogP contribution >= 0.6 is 0 Å². The van der Waals surface area contributed by atoms with E-state index < -0.39 is 6.36 Å². The van der Waals surface area contributed by atoms with Crippen molar-refractivity contribution in [1.29, 1.82) is 0 Å². The van der Waals surface area contributed by atoms with E-state index in [4.69, 9.17) is 5.73 Å². The highest BCUT2D eigenvalue weighted by atomic mass is 19.4. The van der Waals surface area contributed by atoms with Gasteiger partial charge in [0.15, 0.2) is 0 Å². The number of hydrogen-bond acceptors (Lipinski definition) is 4. The molecule has 2 aromatic rings. The molecule has 0 spiro atoms. The fraction of sp³-hybridized carbons (Fsp3) is 0.316. The SMILES string of the molecule is Nc1cccc2c1CCCN2CC(=O)NCc1ccc(OC(F)(F)F)cc1. The standard InChI is InChI=1S/C19H20F3N3O2/c20-19(21,22)27-14-8-6-13(7-9-14)11-24-18(26)12-25-10-2-3-15-16(23)4-1-5-17(15)25/h1,4-9H,2-3,10-12,23H2,(H,24,26). The van der Waals surface area contributed by atoms with Gasteiger partial charge in [-0.2, -0.15) is 0 Å². The van der Waals surface area contributed by atoms with Gasteiger partial charge in [0, 0.05) is 24.5 Å². The Morgan fingerprint density at radius 1 is 1.19 bits per heavy atom. The van der Waals surface area contributed by atoms with E-state index in [9.17, 15) is 18.0 Å². The Morgan fingerprint density at radius 2 is 1.93 bits per heavy atom. The maximum Gasteiger partial charge on any atom is 0.573 e. The highest BCUT2D eigenvalue weighted by molar-refractivity contribution is 5.82. The second-order valence-corrected chi connectivity index (χ2v) is 6.34. The third-order valence-electron chi connectivity index (χ3n) is 4.36. The topological polar surface area (TPSA) is 67.6 Å². The molecule has 0 bridgehead atoms. The third kappa shape index (κ3) is 5.06. The van der Waals surface area contributed by atoms with Gasteiger partial charge in [-0.15, -0.1) is 13.2 Å². The number of amides is 1. The lowest BCUT2D eigenvalue weighted by atomic mass is 10.00. The van der Waals surface area contributed by atoms with Gasteiger partial charge in [0.25, 0.3) is 0 Å². The predicted molar refractivity (Wildman–Crippen MR) is 96.4 cm³/mol. The minimum absolute atomic E-state index is 0.166. The smallest absolute Gasteiger partial charge is 0.406 e. The summed E-state index contributed by atoms with van der Waals surface area (Å²) in [6.07, 6.45) is -2.90. The van der Waals surface area contributed by atoms with E-state index in [1.54, 1.807) is 0 Å². The number of halogens is 3. The van der Waals surface area contributed by atoms with Crippen molar-refractivity contribution in [1.82, 2.24) is 5.32 Å². The average Bonchev–Trinajstić information content (AvgIpc) is 2.61. The van der Waals surface area contributed by atoms with E-state index in [1.165, 1.54) is 24.3 Å². The summed E-state index contributed by atoms with van der Waals surface area (Å²) in [4.78, 5) is 14.3. The van der Waals surface area contributed by atoms with Gasteiger partial charge in [0.1, 0.15) is 5.75 Å². The van der Waals surface area contributed by atoms with Crippen LogP contribution in [0, 0.1) is 0 Å². The minimum Gasteiger partial charge on any atom is -0.406 e. The molecule has 0 aliphatic carbocycles. The van der Waals surface area contributed by atoms with Crippen molar-refractivity contribution < 1.29 is 22.7 Å². The van der Waals surface area contributed by atoms with Crippen LogP contribution in [0.3, 0.4) is 0 Å². The zero-order valence-electron chi connectivity index (χ0n) is 14.6. The number of carbonyl (C=O) groups is 1. The number of carbonyl (C=O) groups excluding carboxylic acids is 1. The molecule has 0 fully saturated rings. The second kappa shape index (κ2) is 7.77. The van der Waals surface area contributed by atoms with Crippen molar-refractivity contribution in [2.45, 2.75) is 25.7 Å². The summed E-state index contributed by atoms with van der Waals surface area (Å²) in [7, 11) is 0. The molecule has 1 amide bonds. The first kappa shape index (κ1) is 18.9. The molecule has 5 nitrogen and oxygen atoms in total. The van der Waals surface area contributed by atoms with Crippen molar-refractivity contribution >= 4 is 17.3 Å². The first-order chi connectivity index (χ1) is 12.8. The molecule has 0 saturated heterocycles. The van der Waals surface area contributed by atoms with Crippen LogP contribution in [0.1, 0.15) is 17.5 Å². The number of nitrogen functional groups attached to an aromatic ring is 1. The maximum atomic E-state index is 12.3. The lowest BCUT2D eigenvalue weighted by Crippen LogP contribution is -2.39. The molecule has 2 aromatic carbocycles. The monoisotopic (exact) mass is 379 g/mol. The molecule has 0 atom stereocenters. The van der Waals surface area contributed by atoms with Gasteiger partial charge in [-0.1, -0.05) is 18.2 Å². The van der Waals surface area contributed by atoms with Crippen molar-refractivity contribution in [3.63, 3.8) is 0 Å². The Hall–Kier alpha value is -2.90. The van der Waals surface area contributed by atoms with E-state index in [2.05, 4.69) is 10.1 Å². The zero-order chi connectivity index (χ0) is 19.4. The van der Waals surface area contributed by atoms with Crippen LogP contribution in [-0.4, -0.2) is 25.4 Å². The molecule has 0 unspecified atom stereocenters. The van der Waals surface area contributed by atoms with Crippen LogP contribution in [0.2, 0.25) is 0 Å². The van der Waals surface area contributed by atoms with Gasteiger partial charge < -0.3 is 20.7 Å². The molecule has 0 saturated carbocycles. The highest BCUT2D eigenvalue weighted by Crippen LogP contribution is 2.30. The number of fused-ring (bicyclic) bond motifs is 1. The summed E-state index contributed by atoms with van der Waals surface area (Å²) in [5.74, 6) is -0.457. The number of benzene rings is 2. The highest BCUT2D eigenvalue weighted by Gasteiger charge is 2.31. The Kier molecular flexibility index (Phi) is 5.43. The quantitative estimate of drug-likeness (QED) is 0.783. The van der Waals surface area contributed by atoms with Gasteiger partial charge in [-0.05, 0) is 48.2 Å². The van der Waals surface area contributed by atoms with Gasteiger partial charge in [-0.3, -0.25) is 4.79 Å². The van der Waals surface area contributed by atoms with Gasteiger partial charge in [0.2, 0.25) is 5.91 Å². The number of hydrogen-bond donors (Lipinski definition) is 2. The summed E-state index contributed by atoms with van der Waals surface area (Å²) < 4.78 is 40.3. The molecule has 3 N–H and O–H groups in total. The lowest BCUT2D eigenvalue weighted by Gasteiger charge is -2.31. The Bertz CT molecular complexity index is 807. The van der Waals surface area contributed by atoms with Gasteiger partial charge >= 0.3 is 6.36 Å². The third-order valence-corrected chi connectivity index (χ3v) is 4.36. The van der Waals surface area contributed by atoms with Crippen LogP contribution < -0.4 is 20.7 Å². The number of anilines is 2. The number of ether oxygens (including phenoxy) is 1. The number of alkyl halides is 3. The van der Waals surface area contributed by atoms with E-state index in [-0.39, 0.29) is 24.7 Å². The molecule has 3 rings (SSSR count). The first-order valence-corrected chi connectivity index (χ1v) is 8.55. The Labute approximate surface area is 154 Å². The van der Waals surface area contributed by atoms with E-state index >= 15 is 0 Å². The van der Waals surface area contributed by atoms with Crippen molar-refractivity contribution in [3.8, 4) is 5.75 Å². The molecule has 1 aliphatic rings. The molecular weight excluding hydrogens is 359 g/mol. The summed E-state index contributed by atoms with van der Waals surface area (Å²) in [6, 6.07) is 11.1.